The van der Waals surface area contributed by atoms with Gasteiger partial charge in [-0.25, -0.2) is 0 Å². The highest BCUT2D eigenvalue weighted by molar-refractivity contribution is 5.45. The highest BCUT2D eigenvalue weighted by Crippen LogP contribution is 2.41. The van der Waals surface area contributed by atoms with E-state index in [1.54, 1.807) is 7.11 Å². The van der Waals surface area contributed by atoms with Crippen molar-refractivity contribution < 1.29 is 9.47 Å². The van der Waals surface area contributed by atoms with Crippen molar-refractivity contribution in [2.75, 3.05) is 13.7 Å². The van der Waals surface area contributed by atoms with Crippen molar-refractivity contribution >= 4 is 0 Å². The second-order valence-electron chi connectivity index (χ2n) is 4.31. The van der Waals surface area contributed by atoms with Crippen molar-refractivity contribution in [3.8, 4) is 11.5 Å². The maximum absolute atomic E-state index is 6.28. The largest absolute Gasteiger partial charge is 0.493 e. The molecule has 2 N–H and O–H groups in total. The lowest BCUT2D eigenvalue weighted by Gasteiger charge is -2.38. The van der Waals surface area contributed by atoms with Crippen LogP contribution in [0.3, 0.4) is 0 Å². The number of nitrogens with two attached hydrogens (primary N) is 1. The second kappa shape index (κ2) is 4.34. The lowest BCUT2D eigenvalue weighted by molar-refractivity contribution is 0.250. The Labute approximate surface area is 96.5 Å². The lowest BCUT2D eigenvalue weighted by atomic mass is 9.73. The normalized spacial score (nSPS) is 17.7. The molecule has 0 atom stereocenters. The second-order valence-corrected chi connectivity index (χ2v) is 4.31. The minimum atomic E-state index is -0.141. The van der Waals surface area contributed by atoms with Crippen LogP contribution >= 0.6 is 0 Å². The van der Waals surface area contributed by atoms with Crippen molar-refractivity contribution in [1.29, 1.82) is 0 Å². The molecular formula is C13H19NO2. The highest BCUT2D eigenvalue weighted by Gasteiger charge is 2.34. The molecule has 3 heteroatoms. The molecule has 2 rings (SSSR count). The number of rotatable bonds is 4. The Bertz CT molecular complexity index is 372. The SMILES string of the molecule is CCOc1cc(C2(N)CCC2)ccc1OC. The summed E-state index contributed by atoms with van der Waals surface area (Å²) in [5, 5.41) is 0. The predicted octanol–water partition coefficient (Wildman–Crippen LogP) is 2.43. The van der Waals surface area contributed by atoms with Gasteiger partial charge in [-0.2, -0.15) is 0 Å². The number of hydrogen-bond donors (Lipinski definition) is 1. The molecule has 0 spiro atoms. The maximum atomic E-state index is 6.28. The molecule has 0 aliphatic heterocycles. The van der Waals surface area contributed by atoms with E-state index in [2.05, 4.69) is 0 Å². The van der Waals surface area contributed by atoms with E-state index < -0.39 is 0 Å². The monoisotopic (exact) mass is 221 g/mol. The molecule has 0 bridgehead atoms. The van der Waals surface area contributed by atoms with Gasteiger partial charge in [-0.05, 0) is 43.9 Å². The summed E-state index contributed by atoms with van der Waals surface area (Å²) >= 11 is 0. The van der Waals surface area contributed by atoms with Crippen molar-refractivity contribution in [2.45, 2.75) is 31.7 Å². The van der Waals surface area contributed by atoms with Crippen molar-refractivity contribution in [3.63, 3.8) is 0 Å². The van der Waals surface area contributed by atoms with Crippen molar-refractivity contribution in [1.82, 2.24) is 0 Å². The summed E-state index contributed by atoms with van der Waals surface area (Å²) in [7, 11) is 1.65. The van der Waals surface area contributed by atoms with Crippen LogP contribution in [0.15, 0.2) is 18.2 Å². The zero-order valence-electron chi connectivity index (χ0n) is 9.95. The molecule has 3 nitrogen and oxygen atoms in total. The Kier molecular flexibility index (Phi) is 3.06. The van der Waals surface area contributed by atoms with E-state index in [9.17, 15) is 0 Å². The summed E-state index contributed by atoms with van der Waals surface area (Å²) in [6.45, 7) is 2.60. The van der Waals surface area contributed by atoms with Gasteiger partial charge in [0.25, 0.3) is 0 Å². The van der Waals surface area contributed by atoms with Crippen LogP contribution in [0.4, 0.5) is 0 Å². The predicted molar refractivity (Wildman–Crippen MR) is 63.9 cm³/mol. The van der Waals surface area contributed by atoms with Crippen LogP contribution in [0.1, 0.15) is 31.7 Å². The van der Waals surface area contributed by atoms with Crippen LogP contribution in [-0.2, 0) is 5.54 Å². The van der Waals surface area contributed by atoms with Gasteiger partial charge >= 0.3 is 0 Å². The van der Waals surface area contributed by atoms with Gasteiger partial charge in [0.2, 0.25) is 0 Å². The third-order valence-electron chi connectivity index (χ3n) is 3.28. The van der Waals surface area contributed by atoms with Crippen LogP contribution in [0, 0.1) is 0 Å². The fraction of sp³-hybridized carbons (Fsp3) is 0.538. The average Bonchev–Trinajstić information content (AvgIpc) is 2.26. The number of benzene rings is 1. The quantitative estimate of drug-likeness (QED) is 0.849. The van der Waals surface area contributed by atoms with E-state index >= 15 is 0 Å². The van der Waals surface area contributed by atoms with Crippen LogP contribution in [0.25, 0.3) is 0 Å². The Morgan fingerprint density at radius 1 is 1.31 bits per heavy atom. The molecule has 16 heavy (non-hydrogen) atoms. The molecule has 1 aliphatic rings. The van der Waals surface area contributed by atoms with E-state index in [1.807, 2.05) is 25.1 Å². The molecule has 88 valence electrons. The standard InChI is InChI=1S/C13H19NO2/c1-3-16-12-9-10(5-6-11(12)15-2)13(14)7-4-8-13/h5-6,9H,3-4,7-8,14H2,1-2H3. The van der Waals surface area contributed by atoms with Gasteiger partial charge in [-0.15, -0.1) is 0 Å². The molecule has 1 aliphatic carbocycles. The number of ether oxygens (including phenoxy) is 2. The van der Waals surface area contributed by atoms with Crippen LogP contribution in [0.2, 0.25) is 0 Å². The third-order valence-corrected chi connectivity index (χ3v) is 3.28. The first-order valence-corrected chi connectivity index (χ1v) is 5.80. The molecular weight excluding hydrogens is 202 g/mol. The molecule has 0 radical (unpaired) electrons. The summed E-state index contributed by atoms with van der Waals surface area (Å²) < 4.78 is 10.8. The molecule has 1 fully saturated rings. The molecule has 1 saturated carbocycles. The first-order valence-electron chi connectivity index (χ1n) is 5.80. The molecule has 1 aromatic carbocycles. The van der Waals surface area contributed by atoms with E-state index in [0.717, 1.165) is 29.9 Å². The van der Waals surface area contributed by atoms with Gasteiger partial charge in [-0.1, -0.05) is 6.07 Å². The van der Waals surface area contributed by atoms with E-state index in [-0.39, 0.29) is 5.54 Å². The van der Waals surface area contributed by atoms with E-state index in [1.165, 1.54) is 6.42 Å². The fourth-order valence-corrected chi connectivity index (χ4v) is 2.10. The lowest BCUT2D eigenvalue weighted by Crippen LogP contribution is -2.43. The zero-order valence-corrected chi connectivity index (χ0v) is 9.95. The summed E-state index contributed by atoms with van der Waals surface area (Å²) in [4.78, 5) is 0. The molecule has 0 amide bonds. The van der Waals surface area contributed by atoms with E-state index in [4.69, 9.17) is 15.2 Å². The average molecular weight is 221 g/mol. The minimum absolute atomic E-state index is 0.141. The topological polar surface area (TPSA) is 44.5 Å². The maximum Gasteiger partial charge on any atom is 0.161 e. The summed E-state index contributed by atoms with van der Waals surface area (Å²) in [6, 6.07) is 6.00. The molecule has 0 heterocycles. The molecule has 0 saturated heterocycles. The van der Waals surface area contributed by atoms with E-state index in [0.29, 0.717) is 6.61 Å². The van der Waals surface area contributed by atoms with Crippen LogP contribution < -0.4 is 15.2 Å². The molecule has 1 aromatic rings. The Balaban J connectivity index is 2.30. The van der Waals surface area contributed by atoms with Crippen LogP contribution in [0.5, 0.6) is 11.5 Å². The first kappa shape index (κ1) is 11.3. The molecule has 0 aromatic heterocycles. The molecule has 0 unspecified atom stereocenters. The van der Waals surface area contributed by atoms with Gasteiger partial charge in [0.15, 0.2) is 11.5 Å². The summed E-state index contributed by atoms with van der Waals surface area (Å²) in [5.74, 6) is 1.56. The van der Waals surface area contributed by atoms with Crippen LogP contribution in [-0.4, -0.2) is 13.7 Å². The fourth-order valence-electron chi connectivity index (χ4n) is 2.10. The minimum Gasteiger partial charge on any atom is -0.493 e. The summed E-state index contributed by atoms with van der Waals surface area (Å²) in [6.07, 6.45) is 3.34. The van der Waals surface area contributed by atoms with Gasteiger partial charge in [-0.3, -0.25) is 0 Å². The van der Waals surface area contributed by atoms with Gasteiger partial charge in [0.05, 0.1) is 13.7 Å². The third kappa shape index (κ3) is 1.87. The summed E-state index contributed by atoms with van der Waals surface area (Å²) in [5.41, 5.74) is 7.30. The number of methoxy groups -OCH3 is 1. The van der Waals surface area contributed by atoms with Crippen molar-refractivity contribution in [3.05, 3.63) is 23.8 Å². The zero-order chi connectivity index (χ0) is 11.6. The first-order chi connectivity index (χ1) is 7.69. The van der Waals surface area contributed by atoms with Gasteiger partial charge in [0.1, 0.15) is 0 Å². The number of hydrogen-bond acceptors (Lipinski definition) is 3. The Morgan fingerprint density at radius 3 is 2.56 bits per heavy atom. The van der Waals surface area contributed by atoms with Gasteiger partial charge in [0, 0.05) is 5.54 Å². The smallest absolute Gasteiger partial charge is 0.161 e. The van der Waals surface area contributed by atoms with Gasteiger partial charge < -0.3 is 15.2 Å². The highest BCUT2D eigenvalue weighted by atomic mass is 16.5. The Morgan fingerprint density at radius 2 is 2.06 bits per heavy atom. The van der Waals surface area contributed by atoms with Crippen molar-refractivity contribution in [2.24, 2.45) is 5.73 Å². The Hall–Kier alpha value is -1.22.